The Bertz CT molecular complexity index is 623. The Morgan fingerprint density at radius 1 is 1.04 bits per heavy atom. The van der Waals surface area contributed by atoms with Crippen molar-refractivity contribution in [3.8, 4) is 0 Å². The zero-order valence-electron chi connectivity index (χ0n) is 14.5. The van der Waals surface area contributed by atoms with Crippen LogP contribution in [0, 0.1) is 0 Å². The van der Waals surface area contributed by atoms with Gasteiger partial charge in [0.1, 0.15) is 0 Å². The van der Waals surface area contributed by atoms with Crippen LogP contribution in [-0.4, -0.2) is 30.9 Å². The topological polar surface area (TPSA) is 58.4 Å². The van der Waals surface area contributed by atoms with E-state index in [9.17, 15) is 4.79 Å². The number of hydrogen-bond donors (Lipinski definition) is 2. The van der Waals surface area contributed by atoms with Crippen molar-refractivity contribution in [1.82, 2.24) is 10.2 Å². The normalized spacial score (nSPS) is 9.84. The van der Waals surface area contributed by atoms with Crippen LogP contribution in [0.5, 0.6) is 0 Å². The third kappa shape index (κ3) is 8.77. The van der Waals surface area contributed by atoms with Gasteiger partial charge in [0.25, 0.3) is 0 Å². The lowest BCUT2D eigenvalue weighted by atomic mass is 10.1. The molecule has 138 valence electrons. The summed E-state index contributed by atoms with van der Waals surface area (Å²) in [5.41, 5.74) is 8.94. The van der Waals surface area contributed by atoms with E-state index >= 15 is 0 Å². The lowest BCUT2D eigenvalue weighted by Crippen LogP contribution is -2.32. The summed E-state index contributed by atoms with van der Waals surface area (Å²) in [6, 6.07) is 18.0. The fourth-order valence-electron chi connectivity index (χ4n) is 2.46. The van der Waals surface area contributed by atoms with Gasteiger partial charge >= 0.3 is 0 Å². The Kier molecular flexibility index (Phi) is 11.7. The maximum atomic E-state index is 11.9. The molecule has 0 heterocycles. The summed E-state index contributed by atoms with van der Waals surface area (Å²) < 4.78 is 0. The molecule has 0 aliphatic heterocycles. The van der Waals surface area contributed by atoms with Crippen LogP contribution in [0.15, 0.2) is 54.6 Å². The summed E-state index contributed by atoms with van der Waals surface area (Å²) >= 11 is 0. The molecule has 0 aliphatic carbocycles. The van der Waals surface area contributed by atoms with Gasteiger partial charge in [-0.15, -0.1) is 24.8 Å². The standard InChI is InChI=1S/C19H25N3O.2ClH/c1-22(15-16-7-3-2-4-8-16)14-13-21-19(23)12-11-17-9-5-6-10-18(17)20;;/h2-10H,11-15,20H2,1H3,(H,21,23);2*1H. The highest BCUT2D eigenvalue weighted by Gasteiger charge is 2.05. The number of amides is 1. The Morgan fingerprint density at radius 3 is 2.36 bits per heavy atom. The minimum Gasteiger partial charge on any atom is -0.399 e. The van der Waals surface area contributed by atoms with E-state index in [4.69, 9.17) is 5.73 Å². The molecule has 0 aromatic heterocycles. The largest absolute Gasteiger partial charge is 0.399 e. The first-order valence-electron chi connectivity index (χ1n) is 7.97. The SMILES string of the molecule is CN(CCNC(=O)CCc1ccccc1N)Cc1ccccc1.Cl.Cl. The van der Waals surface area contributed by atoms with E-state index in [0.29, 0.717) is 19.4 Å². The minimum absolute atomic E-state index is 0. The van der Waals surface area contributed by atoms with Crippen molar-refractivity contribution in [2.75, 3.05) is 25.9 Å². The second-order valence-corrected chi connectivity index (χ2v) is 5.77. The highest BCUT2D eigenvalue weighted by molar-refractivity contribution is 5.85. The Morgan fingerprint density at radius 2 is 1.68 bits per heavy atom. The lowest BCUT2D eigenvalue weighted by Gasteiger charge is -2.17. The van der Waals surface area contributed by atoms with Gasteiger partial charge < -0.3 is 16.0 Å². The smallest absolute Gasteiger partial charge is 0.220 e. The molecule has 0 unspecified atom stereocenters. The third-order valence-corrected chi connectivity index (χ3v) is 3.79. The summed E-state index contributed by atoms with van der Waals surface area (Å²) in [5, 5.41) is 2.97. The molecule has 6 heteroatoms. The fraction of sp³-hybridized carbons (Fsp3) is 0.316. The van der Waals surface area contributed by atoms with Gasteiger partial charge in [0.15, 0.2) is 0 Å². The van der Waals surface area contributed by atoms with Gasteiger partial charge in [-0.25, -0.2) is 0 Å². The number of nitrogens with zero attached hydrogens (tertiary/aromatic N) is 1. The predicted molar refractivity (Wildman–Crippen MR) is 109 cm³/mol. The van der Waals surface area contributed by atoms with Crippen LogP contribution in [0.1, 0.15) is 17.5 Å². The number of para-hydroxylation sites is 1. The van der Waals surface area contributed by atoms with Crippen molar-refractivity contribution >= 4 is 36.4 Å². The van der Waals surface area contributed by atoms with Crippen LogP contribution in [0.2, 0.25) is 0 Å². The summed E-state index contributed by atoms with van der Waals surface area (Å²) in [6.07, 6.45) is 1.15. The summed E-state index contributed by atoms with van der Waals surface area (Å²) in [4.78, 5) is 14.1. The lowest BCUT2D eigenvalue weighted by molar-refractivity contribution is -0.121. The predicted octanol–water partition coefficient (Wildman–Crippen LogP) is 3.29. The molecule has 2 aromatic rings. The van der Waals surface area contributed by atoms with E-state index in [2.05, 4.69) is 29.4 Å². The molecule has 0 saturated carbocycles. The van der Waals surface area contributed by atoms with Crippen LogP contribution >= 0.6 is 24.8 Å². The molecule has 0 spiro atoms. The maximum absolute atomic E-state index is 11.9. The second-order valence-electron chi connectivity index (χ2n) is 5.77. The first-order chi connectivity index (χ1) is 11.1. The maximum Gasteiger partial charge on any atom is 0.220 e. The molecule has 2 aromatic carbocycles. The fourth-order valence-corrected chi connectivity index (χ4v) is 2.46. The molecule has 0 atom stereocenters. The van der Waals surface area contributed by atoms with Gasteiger partial charge in [-0.1, -0.05) is 48.5 Å². The highest BCUT2D eigenvalue weighted by atomic mass is 35.5. The first-order valence-corrected chi connectivity index (χ1v) is 7.97. The van der Waals surface area contributed by atoms with Crippen LogP contribution < -0.4 is 11.1 Å². The quantitative estimate of drug-likeness (QED) is 0.687. The van der Waals surface area contributed by atoms with Crippen LogP contribution in [-0.2, 0) is 17.8 Å². The molecule has 0 aliphatic rings. The third-order valence-electron chi connectivity index (χ3n) is 3.79. The number of carbonyl (C=O) groups excluding carboxylic acids is 1. The van der Waals surface area contributed by atoms with Crippen molar-refractivity contribution in [3.63, 3.8) is 0 Å². The number of nitrogens with one attached hydrogen (secondary N) is 1. The Balaban J connectivity index is 0.00000288. The summed E-state index contributed by atoms with van der Waals surface area (Å²) in [5.74, 6) is 0.0707. The summed E-state index contributed by atoms with van der Waals surface area (Å²) in [7, 11) is 2.06. The molecule has 3 N–H and O–H groups in total. The van der Waals surface area contributed by atoms with Gasteiger partial charge in [0.05, 0.1) is 0 Å². The minimum atomic E-state index is 0. The molecular formula is C19H27Cl2N3O. The second kappa shape index (κ2) is 12.6. The summed E-state index contributed by atoms with van der Waals surface area (Å²) in [6.45, 7) is 2.37. The van der Waals surface area contributed by atoms with E-state index < -0.39 is 0 Å². The van der Waals surface area contributed by atoms with E-state index in [1.165, 1.54) is 5.56 Å². The van der Waals surface area contributed by atoms with Crippen molar-refractivity contribution in [3.05, 3.63) is 65.7 Å². The number of carbonyl (C=O) groups is 1. The molecule has 4 nitrogen and oxygen atoms in total. The van der Waals surface area contributed by atoms with E-state index in [1.54, 1.807) is 0 Å². The number of likely N-dealkylation sites (N-methyl/N-ethyl adjacent to an activating group) is 1. The van der Waals surface area contributed by atoms with Crippen LogP contribution in [0.3, 0.4) is 0 Å². The van der Waals surface area contributed by atoms with Crippen LogP contribution in [0.25, 0.3) is 0 Å². The van der Waals surface area contributed by atoms with Gasteiger partial charge in [0, 0.05) is 31.7 Å². The molecule has 25 heavy (non-hydrogen) atoms. The number of nitrogens with two attached hydrogens (primary N) is 1. The number of hydrogen-bond acceptors (Lipinski definition) is 3. The van der Waals surface area contributed by atoms with Gasteiger partial charge in [-0.2, -0.15) is 0 Å². The van der Waals surface area contributed by atoms with E-state index in [0.717, 1.165) is 24.3 Å². The van der Waals surface area contributed by atoms with Crippen molar-refractivity contribution < 1.29 is 4.79 Å². The molecule has 2 rings (SSSR count). The van der Waals surface area contributed by atoms with Crippen molar-refractivity contribution in [1.29, 1.82) is 0 Å². The Labute approximate surface area is 162 Å². The zero-order chi connectivity index (χ0) is 16.5. The molecule has 0 fully saturated rings. The van der Waals surface area contributed by atoms with E-state index in [1.807, 2.05) is 42.5 Å². The molecular weight excluding hydrogens is 357 g/mol. The van der Waals surface area contributed by atoms with E-state index in [-0.39, 0.29) is 30.7 Å². The molecule has 0 radical (unpaired) electrons. The highest BCUT2D eigenvalue weighted by Crippen LogP contribution is 2.12. The molecule has 0 bridgehead atoms. The number of benzene rings is 2. The van der Waals surface area contributed by atoms with Crippen LogP contribution in [0.4, 0.5) is 5.69 Å². The van der Waals surface area contributed by atoms with Gasteiger partial charge in [0.2, 0.25) is 5.91 Å². The number of rotatable bonds is 8. The zero-order valence-corrected chi connectivity index (χ0v) is 16.1. The molecule has 1 amide bonds. The number of halogens is 2. The van der Waals surface area contributed by atoms with Gasteiger partial charge in [-0.05, 0) is 30.7 Å². The molecule has 0 saturated heterocycles. The average molecular weight is 384 g/mol. The number of anilines is 1. The number of nitrogen functional groups attached to an aromatic ring is 1. The average Bonchev–Trinajstić information content (AvgIpc) is 2.55. The Hall–Kier alpha value is -1.75. The van der Waals surface area contributed by atoms with Crippen molar-refractivity contribution in [2.24, 2.45) is 0 Å². The first kappa shape index (κ1) is 23.2. The van der Waals surface area contributed by atoms with Gasteiger partial charge in [-0.3, -0.25) is 4.79 Å². The monoisotopic (exact) mass is 383 g/mol. The van der Waals surface area contributed by atoms with Crippen molar-refractivity contribution in [2.45, 2.75) is 19.4 Å². The number of aryl methyl sites for hydroxylation is 1.